The van der Waals surface area contributed by atoms with Crippen LogP contribution < -0.4 is 4.74 Å². The lowest BCUT2D eigenvalue weighted by atomic mass is 10.1. The molecule has 5 nitrogen and oxygen atoms in total. The number of benzene rings is 1. The van der Waals surface area contributed by atoms with Crippen LogP contribution in [-0.4, -0.2) is 30.8 Å². The van der Waals surface area contributed by atoms with Crippen molar-refractivity contribution in [1.82, 2.24) is 0 Å². The Hall–Kier alpha value is -1.91. The first-order valence-electron chi connectivity index (χ1n) is 5.36. The predicted molar refractivity (Wildman–Crippen MR) is 63.5 cm³/mol. The van der Waals surface area contributed by atoms with Crippen LogP contribution in [0.5, 0.6) is 5.75 Å². The minimum Gasteiger partial charge on any atom is -0.497 e. The molecule has 1 N–H and O–H groups in total. The fraction of sp³-hybridized carbons (Fsp3) is 0.417. The Balaban J connectivity index is 2.42. The Kier molecular flexibility index (Phi) is 5.13. The summed E-state index contributed by atoms with van der Waals surface area (Å²) < 4.78 is 5.10. The molecule has 1 aromatic carbocycles. The molecule has 0 amide bonds. The van der Waals surface area contributed by atoms with Crippen molar-refractivity contribution >= 4 is 5.97 Å². The van der Waals surface area contributed by atoms with Gasteiger partial charge in [0.15, 0.2) is 6.04 Å². The maximum atomic E-state index is 10.5. The number of carbonyl (C=O) groups is 1. The second kappa shape index (κ2) is 6.62. The molecule has 0 aliphatic heterocycles. The normalized spacial score (nSPS) is 12.6. The van der Waals surface area contributed by atoms with E-state index in [-0.39, 0.29) is 0 Å². The zero-order chi connectivity index (χ0) is 12.7. The summed E-state index contributed by atoms with van der Waals surface area (Å²) in [5, 5.41) is 16.1. The van der Waals surface area contributed by atoms with Crippen molar-refractivity contribution in [2.24, 2.45) is 10.2 Å². The number of nitrogens with zero attached hydrogens (tertiary/aromatic N) is 2. The topological polar surface area (TPSA) is 71.2 Å². The predicted octanol–water partition coefficient (Wildman–Crippen LogP) is 2.16. The molecule has 0 aromatic heterocycles. The van der Waals surface area contributed by atoms with Crippen molar-refractivity contribution in [1.29, 1.82) is 0 Å². The van der Waals surface area contributed by atoms with Gasteiger partial charge in [0.2, 0.25) is 0 Å². The lowest BCUT2D eigenvalue weighted by Gasteiger charge is -2.02. The number of carboxylic acids is 1. The van der Waals surface area contributed by atoms with Gasteiger partial charge in [-0.15, -0.1) is 0 Å². The number of aliphatic carboxylic acids is 1. The maximum Gasteiger partial charge on any atom is 0.330 e. The van der Waals surface area contributed by atoms with E-state index in [1.807, 2.05) is 24.3 Å². The number of carboxylic acid groups (broad SMARTS) is 1. The van der Waals surface area contributed by atoms with Crippen LogP contribution in [0.2, 0.25) is 0 Å². The zero-order valence-corrected chi connectivity index (χ0v) is 9.96. The van der Waals surface area contributed by atoms with Gasteiger partial charge in [-0.1, -0.05) is 12.1 Å². The number of rotatable bonds is 6. The molecule has 1 unspecified atom stereocenters. The van der Waals surface area contributed by atoms with Crippen molar-refractivity contribution in [3.05, 3.63) is 29.8 Å². The molecule has 0 fully saturated rings. The molecular formula is C12H16N2O3. The van der Waals surface area contributed by atoms with Gasteiger partial charge >= 0.3 is 5.97 Å². The minimum atomic E-state index is -0.963. The van der Waals surface area contributed by atoms with E-state index in [4.69, 9.17) is 9.84 Å². The van der Waals surface area contributed by atoms with Crippen molar-refractivity contribution in [3.63, 3.8) is 0 Å². The molecule has 0 spiro atoms. The molecule has 1 aromatic rings. The van der Waals surface area contributed by atoms with Gasteiger partial charge in [0.25, 0.3) is 0 Å². The first-order chi connectivity index (χ1) is 8.13. The van der Waals surface area contributed by atoms with Crippen molar-refractivity contribution in [3.8, 4) is 5.75 Å². The summed E-state index contributed by atoms with van der Waals surface area (Å²) in [6.45, 7) is 1.97. The third kappa shape index (κ3) is 4.63. The summed E-state index contributed by atoms with van der Waals surface area (Å²) in [4.78, 5) is 10.5. The molecule has 0 radical (unpaired) electrons. The summed E-state index contributed by atoms with van der Waals surface area (Å²) in [5.41, 5.74) is 1.09. The van der Waals surface area contributed by atoms with Gasteiger partial charge in [0.1, 0.15) is 5.75 Å². The van der Waals surface area contributed by atoms with Crippen LogP contribution in [0.15, 0.2) is 34.5 Å². The van der Waals surface area contributed by atoms with Gasteiger partial charge in [0, 0.05) is 0 Å². The van der Waals surface area contributed by atoms with Crippen LogP contribution in [0.4, 0.5) is 0 Å². The average molecular weight is 236 g/mol. The average Bonchev–Trinajstić information content (AvgIpc) is 2.34. The lowest BCUT2D eigenvalue weighted by molar-refractivity contribution is -0.138. The molecule has 0 bridgehead atoms. The van der Waals surface area contributed by atoms with Crippen LogP contribution in [0, 0.1) is 0 Å². The Morgan fingerprint density at radius 3 is 2.94 bits per heavy atom. The van der Waals surface area contributed by atoms with Crippen LogP contribution >= 0.6 is 0 Å². The Morgan fingerprint density at radius 2 is 2.29 bits per heavy atom. The van der Waals surface area contributed by atoms with Gasteiger partial charge < -0.3 is 9.84 Å². The van der Waals surface area contributed by atoms with E-state index < -0.39 is 12.0 Å². The summed E-state index contributed by atoms with van der Waals surface area (Å²) in [6.07, 6.45) is 0.715. The highest BCUT2D eigenvalue weighted by molar-refractivity contribution is 5.72. The van der Waals surface area contributed by atoms with Gasteiger partial charge in [-0.25, -0.2) is 4.79 Å². The smallest absolute Gasteiger partial charge is 0.330 e. The molecule has 92 valence electrons. The molecule has 0 heterocycles. The second-order valence-electron chi connectivity index (χ2n) is 3.60. The fourth-order valence-electron chi connectivity index (χ4n) is 1.24. The quantitative estimate of drug-likeness (QED) is 0.769. The highest BCUT2D eigenvalue weighted by atomic mass is 16.5. The summed E-state index contributed by atoms with van der Waals surface area (Å²) in [6, 6.07) is 6.90. The van der Waals surface area contributed by atoms with Crippen molar-refractivity contribution < 1.29 is 14.6 Å². The van der Waals surface area contributed by atoms with Crippen LogP contribution in [0.3, 0.4) is 0 Å². The molecular weight excluding hydrogens is 220 g/mol. The molecule has 17 heavy (non-hydrogen) atoms. The molecule has 0 aliphatic carbocycles. The Morgan fingerprint density at radius 1 is 1.53 bits per heavy atom. The SMILES string of the molecule is COc1cccc(CCN=NC(C)C(=O)O)c1. The van der Waals surface area contributed by atoms with E-state index in [9.17, 15) is 4.79 Å². The van der Waals surface area contributed by atoms with Gasteiger partial charge in [-0.2, -0.15) is 10.2 Å². The lowest BCUT2D eigenvalue weighted by Crippen LogP contribution is -2.12. The number of ether oxygens (including phenoxy) is 1. The number of hydrogen-bond acceptors (Lipinski definition) is 4. The monoisotopic (exact) mass is 236 g/mol. The number of azo groups is 1. The summed E-state index contributed by atoms with van der Waals surface area (Å²) in [7, 11) is 1.62. The van der Waals surface area contributed by atoms with Crippen LogP contribution in [0.25, 0.3) is 0 Å². The fourth-order valence-corrected chi connectivity index (χ4v) is 1.24. The first kappa shape index (κ1) is 13.2. The van der Waals surface area contributed by atoms with Crippen LogP contribution in [0.1, 0.15) is 12.5 Å². The molecule has 1 atom stereocenters. The molecule has 0 saturated heterocycles. The molecule has 0 aliphatic rings. The number of hydrogen-bond donors (Lipinski definition) is 1. The zero-order valence-electron chi connectivity index (χ0n) is 9.96. The Labute approximate surface area is 100 Å². The van der Waals surface area contributed by atoms with Crippen molar-refractivity contribution in [2.45, 2.75) is 19.4 Å². The Bertz CT molecular complexity index is 404. The second-order valence-corrected chi connectivity index (χ2v) is 3.60. The standard InChI is InChI=1S/C12H16N2O3/c1-9(12(15)16)14-13-7-6-10-4-3-5-11(8-10)17-2/h3-5,8-9H,6-7H2,1-2H3,(H,15,16). The first-order valence-corrected chi connectivity index (χ1v) is 5.36. The van der Waals surface area contributed by atoms with Crippen molar-refractivity contribution in [2.75, 3.05) is 13.7 Å². The van der Waals surface area contributed by atoms with E-state index >= 15 is 0 Å². The van der Waals surface area contributed by atoms with Gasteiger partial charge in [0.05, 0.1) is 13.7 Å². The van der Waals surface area contributed by atoms with E-state index in [1.165, 1.54) is 6.92 Å². The third-order valence-electron chi connectivity index (χ3n) is 2.25. The van der Waals surface area contributed by atoms with Crippen LogP contribution in [-0.2, 0) is 11.2 Å². The molecule has 5 heteroatoms. The molecule has 1 rings (SSSR count). The number of methoxy groups -OCH3 is 1. The maximum absolute atomic E-state index is 10.5. The molecule has 0 saturated carbocycles. The minimum absolute atomic E-state index is 0.477. The largest absolute Gasteiger partial charge is 0.497 e. The van der Waals surface area contributed by atoms with E-state index in [0.29, 0.717) is 13.0 Å². The van der Waals surface area contributed by atoms with E-state index in [2.05, 4.69) is 10.2 Å². The highest BCUT2D eigenvalue weighted by Crippen LogP contribution is 2.12. The van der Waals surface area contributed by atoms with Gasteiger partial charge in [-0.3, -0.25) is 0 Å². The van der Waals surface area contributed by atoms with E-state index in [0.717, 1.165) is 11.3 Å². The third-order valence-corrected chi connectivity index (χ3v) is 2.25. The van der Waals surface area contributed by atoms with Gasteiger partial charge in [-0.05, 0) is 31.0 Å². The highest BCUT2D eigenvalue weighted by Gasteiger charge is 2.07. The summed E-state index contributed by atoms with van der Waals surface area (Å²) >= 11 is 0. The summed E-state index contributed by atoms with van der Waals surface area (Å²) in [5.74, 6) is -0.159. The van der Waals surface area contributed by atoms with E-state index in [1.54, 1.807) is 7.11 Å².